The lowest BCUT2D eigenvalue weighted by Gasteiger charge is -2.33. The maximum atomic E-state index is 13.0. The van der Waals surface area contributed by atoms with E-state index in [4.69, 9.17) is 4.89 Å². The minimum Gasteiger partial charge on any atom is -0.303 e. The zero-order valence-corrected chi connectivity index (χ0v) is 18.0. The largest absolute Gasteiger partial charge is 0.303 e. The molecule has 0 N–H and O–H groups in total. The predicted molar refractivity (Wildman–Crippen MR) is 119 cm³/mol. The van der Waals surface area contributed by atoms with Crippen LogP contribution in [0.1, 0.15) is 58.6 Å². The number of aryl methyl sites for hydroxylation is 1. The molecule has 0 aromatic heterocycles. The van der Waals surface area contributed by atoms with Crippen LogP contribution in [0.5, 0.6) is 0 Å². The lowest BCUT2D eigenvalue weighted by molar-refractivity contribution is -0.271. The topological polar surface area (TPSA) is 38.8 Å². The Balaban J connectivity index is 1.26. The second-order valence-corrected chi connectivity index (χ2v) is 8.65. The Morgan fingerprint density at radius 3 is 2.60 bits per heavy atom. The van der Waals surface area contributed by atoms with Gasteiger partial charge in [0.15, 0.2) is 5.78 Å². The number of nitrogens with zero attached hydrogens (tertiary/aromatic N) is 1. The second-order valence-electron chi connectivity index (χ2n) is 8.65. The van der Waals surface area contributed by atoms with Crippen LogP contribution in [0.4, 0.5) is 0 Å². The molecule has 0 spiro atoms. The summed E-state index contributed by atoms with van der Waals surface area (Å²) in [6.45, 7) is 3.86. The summed E-state index contributed by atoms with van der Waals surface area (Å²) in [6.07, 6.45) is 6.21. The molecular formula is C26H33NO3. The van der Waals surface area contributed by atoms with E-state index < -0.39 is 0 Å². The number of Topliss-reactive ketones (excluding diaryl/α,β-unsaturated/α-hetero) is 1. The van der Waals surface area contributed by atoms with Crippen LogP contribution in [0.3, 0.4) is 0 Å². The molecule has 0 radical (unpaired) electrons. The van der Waals surface area contributed by atoms with Gasteiger partial charge in [0, 0.05) is 11.5 Å². The number of fused-ring (bicyclic) bond motifs is 1. The number of hydrogen-bond acceptors (Lipinski definition) is 4. The van der Waals surface area contributed by atoms with Crippen molar-refractivity contribution in [1.82, 2.24) is 4.90 Å². The van der Waals surface area contributed by atoms with Crippen molar-refractivity contribution in [2.24, 2.45) is 5.92 Å². The molecule has 1 atom stereocenters. The minimum atomic E-state index is 0.173. The number of carbonyl (C=O) groups is 1. The number of rotatable bonds is 8. The highest BCUT2D eigenvalue weighted by atomic mass is 17.2. The van der Waals surface area contributed by atoms with Crippen molar-refractivity contribution in [1.29, 1.82) is 0 Å². The summed E-state index contributed by atoms with van der Waals surface area (Å²) in [6, 6.07) is 17.2. The van der Waals surface area contributed by atoms with Crippen molar-refractivity contribution in [3.63, 3.8) is 0 Å². The minimum absolute atomic E-state index is 0.173. The maximum Gasteiger partial charge on any atom is 0.166 e. The molecule has 0 amide bonds. The molecule has 4 rings (SSSR count). The standard InChI is InChI=1S/C26H33NO3/c1-29-30-18-14-20-7-10-25-24(19-20)9-8-23(26(25)28)13-17-27-15-11-22(12-16-27)21-5-3-2-4-6-21/h2-7,10,19,22-23H,8-9,11-18H2,1H3. The van der Waals surface area contributed by atoms with Crippen molar-refractivity contribution in [2.45, 2.75) is 44.4 Å². The Morgan fingerprint density at radius 1 is 1.03 bits per heavy atom. The van der Waals surface area contributed by atoms with Crippen LogP contribution < -0.4 is 0 Å². The molecule has 2 aromatic carbocycles. The molecule has 4 heteroatoms. The van der Waals surface area contributed by atoms with E-state index >= 15 is 0 Å². The van der Waals surface area contributed by atoms with Gasteiger partial charge in [0.1, 0.15) is 0 Å². The third-order valence-electron chi connectivity index (χ3n) is 6.81. The fourth-order valence-electron chi connectivity index (χ4n) is 5.00. The second kappa shape index (κ2) is 10.3. The van der Waals surface area contributed by atoms with Crippen LogP contribution in [0.25, 0.3) is 0 Å². The number of benzene rings is 2. The zero-order chi connectivity index (χ0) is 20.8. The average Bonchev–Trinajstić information content (AvgIpc) is 2.80. The summed E-state index contributed by atoms with van der Waals surface area (Å²) >= 11 is 0. The summed E-state index contributed by atoms with van der Waals surface area (Å²) in [4.78, 5) is 25.2. The first-order valence-electron chi connectivity index (χ1n) is 11.3. The first kappa shape index (κ1) is 21.2. The summed E-state index contributed by atoms with van der Waals surface area (Å²) in [5.41, 5.74) is 4.82. The van der Waals surface area contributed by atoms with E-state index in [1.807, 2.05) is 6.07 Å². The lowest BCUT2D eigenvalue weighted by atomic mass is 9.80. The number of ketones is 1. The van der Waals surface area contributed by atoms with Gasteiger partial charge in [0.2, 0.25) is 0 Å². The molecule has 4 nitrogen and oxygen atoms in total. The van der Waals surface area contributed by atoms with Gasteiger partial charge in [-0.1, -0.05) is 48.5 Å². The molecule has 30 heavy (non-hydrogen) atoms. The van der Waals surface area contributed by atoms with E-state index in [-0.39, 0.29) is 5.92 Å². The smallest absolute Gasteiger partial charge is 0.166 e. The van der Waals surface area contributed by atoms with Crippen molar-refractivity contribution in [3.8, 4) is 0 Å². The molecule has 1 saturated heterocycles. The Morgan fingerprint density at radius 2 is 1.83 bits per heavy atom. The first-order chi connectivity index (χ1) is 14.7. The molecule has 2 aromatic rings. The van der Waals surface area contributed by atoms with E-state index in [9.17, 15) is 4.79 Å². The van der Waals surface area contributed by atoms with Crippen LogP contribution in [0.15, 0.2) is 48.5 Å². The first-order valence-corrected chi connectivity index (χ1v) is 11.3. The number of hydrogen-bond donors (Lipinski definition) is 0. The van der Waals surface area contributed by atoms with Gasteiger partial charge in [-0.05, 0) is 80.8 Å². The van der Waals surface area contributed by atoms with Crippen LogP contribution in [0.2, 0.25) is 0 Å². The van der Waals surface area contributed by atoms with Crippen LogP contribution in [-0.4, -0.2) is 44.0 Å². The number of likely N-dealkylation sites (tertiary alicyclic amines) is 1. The van der Waals surface area contributed by atoms with Gasteiger partial charge < -0.3 is 4.90 Å². The Kier molecular flexibility index (Phi) is 7.32. The van der Waals surface area contributed by atoms with Crippen molar-refractivity contribution in [3.05, 3.63) is 70.8 Å². The molecule has 2 aliphatic rings. The molecule has 0 bridgehead atoms. The Bertz CT molecular complexity index is 827. The molecule has 1 unspecified atom stereocenters. The normalized spacial score (nSPS) is 20.3. The summed E-state index contributed by atoms with van der Waals surface area (Å²) in [5.74, 6) is 1.20. The van der Waals surface area contributed by atoms with E-state index in [2.05, 4.69) is 52.3 Å². The zero-order valence-electron chi connectivity index (χ0n) is 18.0. The summed E-state index contributed by atoms with van der Waals surface area (Å²) in [7, 11) is 1.52. The molecular weight excluding hydrogens is 374 g/mol. The van der Waals surface area contributed by atoms with E-state index in [1.54, 1.807) is 0 Å². The highest BCUT2D eigenvalue weighted by Crippen LogP contribution is 2.31. The molecule has 160 valence electrons. The van der Waals surface area contributed by atoms with E-state index in [0.29, 0.717) is 18.3 Å². The van der Waals surface area contributed by atoms with Gasteiger partial charge in [-0.2, -0.15) is 0 Å². The van der Waals surface area contributed by atoms with Crippen molar-refractivity contribution >= 4 is 5.78 Å². The van der Waals surface area contributed by atoms with Gasteiger partial charge in [-0.3, -0.25) is 4.79 Å². The van der Waals surface area contributed by atoms with E-state index in [0.717, 1.165) is 50.9 Å². The van der Waals surface area contributed by atoms with Gasteiger partial charge in [0.25, 0.3) is 0 Å². The highest BCUT2D eigenvalue weighted by molar-refractivity contribution is 6.00. The third kappa shape index (κ3) is 5.18. The van der Waals surface area contributed by atoms with Gasteiger partial charge in [-0.25, -0.2) is 9.78 Å². The number of piperidine rings is 1. The maximum absolute atomic E-state index is 13.0. The molecule has 1 aliphatic heterocycles. The molecule has 0 saturated carbocycles. The van der Waals surface area contributed by atoms with Gasteiger partial charge in [0.05, 0.1) is 13.7 Å². The van der Waals surface area contributed by atoms with Gasteiger partial charge >= 0.3 is 0 Å². The fraction of sp³-hybridized carbons (Fsp3) is 0.500. The highest BCUT2D eigenvalue weighted by Gasteiger charge is 2.28. The Hall–Kier alpha value is -2.01. The summed E-state index contributed by atoms with van der Waals surface area (Å²) < 4.78 is 0. The molecule has 1 heterocycles. The van der Waals surface area contributed by atoms with E-state index in [1.165, 1.54) is 36.6 Å². The molecule has 1 fully saturated rings. The lowest BCUT2D eigenvalue weighted by Crippen LogP contribution is -2.35. The van der Waals surface area contributed by atoms with Crippen LogP contribution in [-0.2, 0) is 22.6 Å². The SMILES string of the molecule is COOCCc1ccc2c(c1)CCC(CCN1CCC(c3ccccc3)CC1)C2=O. The van der Waals surface area contributed by atoms with Crippen molar-refractivity contribution < 1.29 is 14.6 Å². The van der Waals surface area contributed by atoms with Gasteiger partial charge in [-0.15, -0.1) is 0 Å². The number of carbonyl (C=O) groups excluding carboxylic acids is 1. The average molecular weight is 408 g/mol. The predicted octanol–water partition coefficient (Wildman–Crippen LogP) is 4.82. The fourth-order valence-corrected chi connectivity index (χ4v) is 5.00. The summed E-state index contributed by atoms with van der Waals surface area (Å²) in [5, 5.41) is 0. The van der Waals surface area contributed by atoms with Crippen molar-refractivity contribution in [2.75, 3.05) is 33.4 Å². The third-order valence-corrected chi connectivity index (χ3v) is 6.81. The monoisotopic (exact) mass is 407 g/mol. The van der Waals surface area contributed by atoms with Crippen LogP contribution >= 0.6 is 0 Å². The Labute approximate surface area is 180 Å². The van der Waals surface area contributed by atoms with Crippen LogP contribution in [0, 0.1) is 5.92 Å². The molecule has 1 aliphatic carbocycles. The quantitative estimate of drug-likeness (QED) is 0.357.